The fourth-order valence-electron chi connectivity index (χ4n) is 1.43. The average molecular weight is 267 g/mol. The molecule has 7 nitrogen and oxygen atoms in total. The predicted molar refractivity (Wildman–Crippen MR) is 69.9 cm³/mol. The Morgan fingerprint density at radius 1 is 1.58 bits per heavy atom. The van der Waals surface area contributed by atoms with Crippen molar-refractivity contribution in [3.8, 4) is 5.75 Å². The van der Waals surface area contributed by atoms with Gasteiger partial charge in [0.2, 0.25) is 5.91 Å². The van der Waals surface area contributed by atoms with Gasteiger partial charge < -0.3 is 15.8 Å². The van der Waals surface area contributed by atoms with Crippen LogP contribution >= 0.6 is 0 Å². The number of hydrogen-bond donors (Lipinski definition) is 2. The Labute approximate surface area is 110 Å². The Kier molecular flexibility index (Phi) is 5.74. The van der Waals surface area contributed by atoms with Gasteiger partial charge in [0, 0.05) is 6.07 Å². The first-order chi connectivity index (χ1) is 9.04. The van der Waals surface area contributed by atoms with Crippen molar-refractivity contribution in [1.29, 1.82) is 0 Å². The van der Waals surface area contributed by atoms with Crippen LogP contribution in [0.15, 0.2) is 24.3 Å². The highest BCUT2D eigenvalue weighted by Gasteiger charge is 2.15. The standard InChI is InChI=1S/C12H17N3O4/c1-2-6-14-11(12(13)16)8-19-10-5-3-4-9(7-10)15(17)18/h3-5,7,11,14H,2,6,8H2,1H3,(H2,13,16). The number of hydrogen-bond acceptors (Lipinski definition) is 5. The summed E-state index contributed by atoms with van der Waals surface area (Å²) in [6, 6.07) is 5.17. The molecule has 0 spiro atoms. The number of primary amides is 1. The maximum Gasteiger partial charge on any atom is 0.273 e. The van der Waals surface area contributed by atoms with Crippen LogP contribution in [-0.4, -0.2) is 30.0 Å². The summed E-state index contributed by atoms with van der Waals surface area (Å²) in [5.74, 6) is -0.183. The number of non-ortho nitro benzene ring substituents is 1. The first-order valence-electron chi connectivity index (χ1n) is 5.94. The second-order valence-electron chi connectivity index (χ2n) is 3.97. The van der Waals surface area contributed by atoms with Crippen molar-refractivity contribution in [2.24, 2.45) is 5.73 Å². The Balaban J connectivity index is 2.60. The maximum absolute atomic E-state index is 11.2. The molecule has 0 aromatic heterocycles. The highest BCUT2D eigenvalue weighted by molar-refractivity contribution is 5.80. The number of nitrogens with zero attached hydrogens (tertiary/aromatic N) is 1. The monoisotopic (exact) mass is 267 g/mol. The average Bonchev–Trinajstić information content (AvgIpc) is 2.38. The summed E-state index contributed by atoms with van der Waals surface area (Å²) >= 11 is 0. The van der Waals surface area contributed by atoms with E-state index in [1.807, 2.05) is 6.92 Å². The molecule has 1 unspecified atom stereocenters. The van der Waals surface area contributed by atoms with E-state index in [2.05, 4.69) is 5.32 Å². The fourth-order valence-corrected chi connectivity index (χ4v) is 1.43. The molecule has 0 saturated carbocycles. The quantitative estimate of drug-likeness (QED) is 0.535. The second-order valence-corrected chi connectivity index (χ2v) is 3.97. The van der Waals surface area contributed by atoms with Gasteiger partial charge in [-0.25, -0.2) is 0 Å². The van der Waals surface area contributed by atoms with Crippen LogP contribution in [0.3, 0.4) is 0 Å². The summed E-state index contributed by atoms with van der Waals surface area (Å²) < 4.78 is 5.35. The third-order valence-corrected chi connectivity index (χ3v) is 2.43. The Hall–Kier alpha value is -2.15. The van der Waals surface area contributed by atoms with Crippen LogP contribution in [-0.2, 0) is 4.79 Å². The molecule has 0 radical (unpaired) electrons. The molecule has 104 valence electrons. The van der Waals surface area contributed by atoms with Crippen LogP contribution in [0.4, 0.5) is 5.69 Å². The summed E-state index contributed by atoms with van der Waals surface area (Å²) in [6.45, 7) is 2.65. The van der Waals surface area contributed by atoms with Gasteiger partial charge in [-0.3, -0.25) is 14.9 Å². The van der Waals surface area contributed by atoms with Crippen molar-refractivity contribution in [2.45, 2.75) is 19.4 Å². The molecule has 19 heavy (non-hydrogen) atoms. The van der Waals surface area contributed by atoms with E-state index in [1.165, 1.54) is 18.2 Å². The molecule has 1 atom stereocenters. The van der Waals surface area contributed by atoms with Crippen molar-refractivity contribution in [1.82, 2.24) is 5.32 Å². The van der Waals surface area contributed by atoms with Gasteiger partial charge in [0.15, 0.2) is 0 Å². The maximum atomic E-state index is 11.2. The molecule has 0 heterocycles. The smallest absolute Gasteiger partial charge is 0.273 e. The van der Waals surface area contributed by atoms with E-state index < -0.39 is 16.9 Å². The number of nitrogens with one attached hydrogen (secondary N) is 1. The van der Waals surface area contributed by atoms with Crippen LogP contribution in [0.25, 0.3) is 0 Å². The van der Waals surface area contributed by atoms with Crippen molar-refractivity contribution in [2.75, 3.05) is 13.2 Å². The molecule has 1 amide bonds. The molecule has 0 aliphatic rings. The number of ether oxygens (including phenoxy) is 1. The van der Waals surface area contributed by atoms with Crippen molar-refractivity contribution >= 4 is 11.6 Å². The van der Waals surface area contributed by atoms with E-state index in [9.17, 15) is 14.9 Å². The van der Waals surface area contributed by atoms with Gasteiger partial charge in [-0.05, 0) is 19.0 Å². The molecule has 3 N–H and O–H groups in total. The summed E-state index contributed by atoms with van der Waals surface area (Å²) in [7, 11) is 0. The van der Waals surface area contributed by atoms with Gasteiger partial charge in [0.05, 0.1) is 11.0 Å². The molecule has 0 aliphatic heterocycles. The van der Waals surface area contributed by atoms with Crippen LogP contribution in [0.1, 0.15) is 13.3 Å². The molecule has 0 aliphatic carbocycles. The van der Waals surface area contributed by atoms with E-state index in [1.54, 1.807) is 6.07 Å². The molecular formula is C12H17N3O4. The predicted octanol–water partition coefficient (Wildman–Crippen LogP) is 0.827. The van der Waals surface area contributed by atoms with Crippen LogP contribution in [0.5, 0.6) is 5.75 Å². The number of carbonyl (C=O) groups excluding carboxylic acids is 1. The molecule has 0 bridgehead atoms. The van der Waals surface area contributed by atoms with E-state index in [4.69, 9.17) is 10.5 Å². The van der Waals surface area contributed by atoms with Crippen LogP contribution < -0.4 is 15.8 Å². The molecule has 0 fully saturated rings. The minimum Gasteiger partial charge on any atom is -0.491 e. The largest absolute Gasteiger partial charge is 0.491 e. The molecule has 1 aromatic carbocycles. The van der Waals surface area contributed by atoms with Gasteiger partial charge in [-0.15, -0.1) is 0 Å². The van der Waals surface area contributed by atoms with E-state index in [0.717, 1.165) is 6.42 Å². The number of nitrogens with two attached hydrogens (primary N) is 1. The lowest BCUT2D eigenvalue weighted by atomic mass is 10.2. The minimum absolute atomic E-state index is 0.0382. The Morgan fingerprint density at radius 2 is 2.32 bits per heavy atom. The van der Waals surface area contributed by atoms with E-state index in [-0.39, 0.29) is 12.3 Å². The Bertz CT molecular complexity index is 450. The lowest BCUT2D eigenvalue weighted by Crippen LogP contribution is -2.45. The first-order valence-corrected chi connectivity index (χ1v) is 5.94. The third kappa shape index (κ3) is 4.92. The lowest BCUT2D eigenvalue weighted by molar-refractivity contribution is -0.384. The molecule has 1 rings (SSSR count). The molecule has 0 saturated heterocycles. The zero-order valence-electron chi connectivity index (χ0n) is 10.7. The first kappa shape index (κ1) is 14.9. The van der Waals surface area contributed by atoms with Crippen molar-refractivity contribution in [3.63, 3.8) is 0 Å². The van der Waals surface area contributed by atoms with Gasteiger partial charge in [0.1, 0.15) is 18.4 Å². The summed E-state index contributed by atoms with van der Waals surface area (Å²) in [4.78, 5) is 21.3. The molecular weight excluding hydrogens is 250 g/mol. The summed E-state index contributed by atoms with van der Waals surface area (Å²) in [5.41, 5.74) is 5.17. The number of rotatable bonds is 8. The van der Waals surface area contributed by atoms with Gasteiger partial charge >= 0.3 is 0 Å². The number of nitro groups is 1. The third-order valence-electron chi connectivity index (χ3n) is 2.43. The minimum atomic E-state index is -0.612. The van der Waals surface area contributed by atoms with Crippen molar-refractivity contribution in [3.05, 3.63) is 34.4 Å². The second kappa shape index (κ2) is 7.32. The van der Waals surface area contributed by atoms with Crippen molar-refractivity contribution < 1.29 is 14.5 Å². The SMILES string of the molecule is CCCNC(COc1cccc([N+](=O)[O-])c1)C(N)=O. The van der Waals surface area contributed by atoms with Crippen LogP contribution in [0, 0.1) is 10.1 Å². The number of amides is 1. The number of carbonyl (C=O) groups is 1. The summed E-state index contributed by atoms with van der Waals surface area (Å²) in [5, 5.41) is 13.5. The number of nitro benzene ring substituents is 1. The summed E-state index contributed by atoms with van der Waals surface area (Å²) in [6.07, 6.45) is 0.862. The van der Waals surface area contributed by atoms with E-state index in [0.29, 0.717) is 12.3 Å². The molecule has 7 heteroatoms. The zero-order valence-corrected chi connectivity index (χ0v) is 10.7. The molecule has 1 aromatic rings. The van der Waals surface area contributed by atoms with Gasteiger partial charge in [-0.2, -0.15) is 0 Å². The van der Waals surface area contributed by atoms with Gasteiger partial charge in [0.25, 0.3) is 5.69 Å². The zero-order chi connectivity index (χ0) is 14.3. The fraction of sp³-hybridized carbons (Fsp3) is 0.417. The highest BCUT2D eigenvalue weighted by Crippen LogP contribution is 2.19. The van der Waals surface area contributed by atoms with Crippen LogP contribution in [0.2, 0.25) is 0 Å². The topological polar surface area (TPSA) is 107 Å². The number of benzene rings is 1. The van der Waals surface area contributed by atoms with E-state index >= 15 is 0 Å². The normalized spacial score (nSPS) is 11.8. The lowest BCUT2D eigenvalue weighted by Gasteiger charge is -2.15. The Morgan fingerprint density at radius 3 is 2.89 bits per heavy atom. The highest BCUT2D eigenvalue weighted by atomic mass is 16.6. The van der Waals surface area contributed by atoms with Gasteiger partial charge in [-0.1, -0.05) is 13.0 Å².